The summed E-state index contributed by atoms with van der Waals surface area (Å²) in [5.41, 5.74) is 0. The predicted octanol–water partition coefficient (Wildman–Crippen LogP) is 2.91. The molecule has 0 saturated heterocycles. The second-order valence-corrected chi connectivity index (χ2v) is 6.43. The number of rotatable bonds is 3. The largest absolute Gasteiger partial charge is 0.464 e. The zero-order valence-electron chi connectivity index (χ0n) is 10.4. The Morgan fingerprint density at radius 3 is 2.65 bits per heavy atom. The molecule has 0 N–H and O–H groups in total. The minimum Gasteiger partial charge on any atom is -0.464 e. The van der Waals surface area contributed by atoms with Gasteiger partial charge >= 0.3 is 5.97 Å². The summed E-state index contributed by atoms with van der Waals surface area (Å²) in [6, 6.07) is 0. The van der Waals surface area contributed by atoms with Crippen LogP contribution in [0.25, 0.3) is 0 Å². The first-order valence-corrected chi connectivity index (χ1v) is 6.58. The van der Waals surface area contributed by atoms with E-state index in [-0.39, 0.29) is 12.4 Å². The first-order chi connectivity index (χ1) is 7.74. The summed E-state index contributed by atoms with van der Waals surface area (Å²) in [6.45, 7) is 5.44. The van der Waals surface area contributed by atoms with Crippen LogP contribution in [0.15, 0.2) is 0 Å². The van der Waals surface area contributed by atoms with Gasteiger partial charge in [-0.05, 0) is 33.6 Å². The van der Waals surface area contributed by atoms with Crippen molar-refractivity contribution < 1.29 is 14.3 Å². The van der Waals surface area contributed by atoms with Crippen LogP contribution in [0.1, 0.15) is 40.0 Å². The Balaban J connectivity index is 3.10. The van der Waals surface area contributed by atoms with Crippen molar-refractivity contribution in [2.45, 2.75) is 49.8 Å². The van der Waals surface area contributed by atoms with Gasteiger partial charge in [0.25, 0.3) is 0 Å². The second-order valence-electron chi connectivity index (χ2n) is 4.86. The number of halogens is 2. The van der Waals surface area contributed by atoms with Gasteiger partial charge < -0.3 is 4.74 Å². The van der Waals surface area contributed by atoms with Gasteiger partial charge in [-0.25, -0.2) is 4.79 Å². The monoisotopic (exact) mass is 280 g/mol. The Labute approximate surface area is 112 Å². The predicted molar refractivity (Wildman–Crippen MR) is 67.5 cm³/mol. The van der Waals surface area contributed by atoms with Crippen LogP contribution in [-0.2, 0) is 14.3 Å². The molecule has 2 atom stereocenters. The molecule has 1 rings (SSSR count). The minimum atomic E-state index is -1.61. The van der Waals surface area contributed by atoms with Crippen LogP contribution in [0, 0.1) is 5.92 Å². The van der Waals surface area contributed by atoms with Crippen LogP contribution in [0.3, 0.4) is 0 Å². The quantitative estimate of drug-likeness (QED) is 0.454. The lowest BCUT2D eigenvalue weighted by molar-refractivity contribution is -0.153. The third-order valence-corrected chi connectivity index (χ3v) is 4.08. The van der Waals surface area contributed by atoms with Gasteiger partial charge in [-0.3, -0.25) is 4.79 Å². The Morgan fingerprint density at radius 2 is 2.18 bits per heavy atom. The Hall–Kier alpha value is -0.280. The van der Waals surface area contributed by atoms with E-state index >= 15 is 0 Å². The lowest BCUT2D eigenvalue weighted by Crippen LogP contribution is -2.56. The highest BCUT2D eigenvalue weighted by atomic mass is 35.5. The van der Waals surface area contributed by atoms with Gasteiger partial charge in [0.1, 0.15) is 0 Å². The number of carbonyl (C=O) groups is 2. The van der Waals surface area contributed by atoms with Crippen molar-refractivity contribution in [3.8, 4) is 0 Å². The smallest absolute Gasteiger partial charge is 0.335 e. The average Bonchev–Trinajstić information content (AvgIpc) is 2.20. The molecule has 0 heterocycles. The van der Waals surface area contributed by atoms with E-state index in [0.29, 0.717) is 19.3 Å². The van der Waals surface area contributed by atoms with Crippen LogP contribution >= 0.6 is 23.2 Å². The van der Waals surface area contributed by atoms with Crippen LogP contribution in [0.4, 0.5) is 0 Å². The molecule has 0 aromatic rings. The van der Waals surface area contributed by atoms with Gasteiger partial charge in [0.2, 0.25) is 4.87 Å². The van der Waals surface area contributed by atoms with Gasteiger partial charge in [-0.15, -0.1) is 11.6 Å². The summed E-state index contributed by atoms with van der Waals surface area (Å²) in [5, 5.41) is 0. The van der Waals surface area contributed by atoms with E-state index < -0.39 is 21.6 Å². The zero-order valence-corrected chi connectivity index (χ0v) is 11.9. The molecule has 1 aliphatic carbocycles. The van der Waals surface area contributed by atoms with Crippen LogP contribution < -0.4 is 0 Å². The van der Waals surface area contributed by atoms with Gasteiger partial charge in [0, 0.05) is 17.2 Å². The second kappa shape index (κ2) is 5.15. The summed E-state index contributed by atoms with van der Waals surface area (Å²) in [5.74, 6) is -1.34. The molecule has 0 radical (unpaired) electrons. The highest BCUT2D eigenvalue weighted by molar-refractivity contribution is 6.46. The molecule has 0 aliphatic heterocycles. The van der Waals surface area contributed by atoms with Crippen LogP contribution in [0.2, 0.25) is 0 Å². The van der Waals surface area contributed by atoms with Crippen molar-refractivity contribution in [1.29, 1.82) is 0 Å². The summed E-state index contributed by atoms with van der Waals surface area (Å²) in [6.07, 6.45) is 1.68. The molecule has 3 nitrogen and oxygen atoms in total. The number of carbonyl (C=O) groups excluding carboxylic acids is 2. The van der Waals surface area contributed by atoms with Crippen molar-refractivity contribution in [1.82, 2.24) is 0 Å². The molecule has 0 amide bonds. The van der Waals surface area contributed by atoms with E-state index in [1.165, 1.54) is 0 Å². The summed E-state index contributed by atoms with van der Waals surface area (Å²) >= 11 is 12.6. The fraction of sp³-hybridized carbons (Fsp3) is 0.833. The summed E-state index contributed by atoms with van der Waals surface area (Å²) < 4.78 is 4.93. The lowest BCUT2D eigenvalue weighted by atomic mass is 9.71. The Kier molecular flexibility index (Phi) is 4.48. The van der Waals surface area contributed by atoms with E-state index in [4.69, 9.17) is 27.9 Å². The molecule has 1 saturated carbocycles. The Bertz CT molecular complexity index is 322. The van der Waals surface area contributed by atoms with Crippen molar-refractivity contribution in [3.63, 3.8) is 0 Å². The Morgan fingerprint density at radius 1 is 1.59 bits per heavy atom. The van der Waals surface area contributed by atoms with Crippen molar-refractivity contribution >= 4 is 35.0 Å². The van der Waals surface area contributed by atoms with Crippen molar-refractivity contribution in [2.75, 3.05) is 6.61 Å². The highest BCUT2D eigenvalue weighted by Crippen LogP contribution is 2.46. The maximum Gasteiger partial charge on any atom is 0.335 e. The highest BCUT2D eigenvalue weighted by Gasteiger charge is 2.57. The standard InChI is InChI=1S/C12H18Cl2O3/c1-4-17-10(16)12(14)8(11(2,3)13)6-5-7-9(12)15/h8H,4-7H2,1-3H3/t8-,12-/m1/s1. The number of hydrogen-bond donors (Lipinski definition) is 0. The minimum absolute atomic E-state index is 0.204. The SMILES string of the molecule is CCOC(=O)[C@]1(Cl)C(=O)CCC[C@@H]1C(C)(C)Cl. The van der Waals surface area contributed by atoms with Gasteiger partial charge in [-0.2, -0.15) is 0 Å². The molecule has 5 heteroatoms. The van der Waals surface area contributed by atoms with Gasteiger partial charge in [-0.1, -0.05) is 11.6 Å². The molecule has 0 aromatic carbocycles. The van der Waals surface area contributed by atoms with E-state index in [1.807, 2.05) is 0 Å². The number of ketones is 1. The van der Waals surface area contributed by atoms with E-state index in [0.717, 1.165) is 0 Å². The number of hydrogen-bond acceptors (Lipinski definition) is 3. The maximum absolute atomic E-state index is 12.0. The zero-order chi connectivity index (χ0) is 13.3. The lowest BCUT2D eigenvalue weighted by Gasteiger charge is -2.41. The molecular formula is C12H18Cl2O3. The molecule has 0 aromatic heterocycles. The number of ether oxygens (including phenoxy) is 1. The molecule has 1 aliphatic rings. The van der Waals surface area contributed by atoms with Crippen molar-refractivity contribution in [2.24, 2.45) is 5.92 Å². The fourth-order valence-corrected chi connectivity index (χ4v) is 3.21. The van der Waals surface area contributed by atoms with Crippen LogP contribution in [-0.4, -0.2) is 28.1 Å². The first kappa shape index (κ1) is 14.8. The molecule has 0 spiro atoms. The van der Waals surface area contributed by atoms with Gasteiger partial charge in [0.05, 0.1) is 6.61 Å². The summed E-state index contributed by atoms with van der Waals surface area (Å²) in [7, 11) is 0. The molecule has 0 bridgehead atoms. The molecular weight excluding hydrogens is 263 g/mol. The normalized spacial score (nSPS) is 30.2. The molecule has 17 heavy (non-hydrogen) atoms. The molecule has 98 valence electrons. The molecule has 1 fully saturated rings. The molecule has 0 unspecified atom stereocenters. The third kappa shape index (κ3) is 2.76. The topological polar surface area (TPSA) is 43.4 Å². The average molecular weight is 281 g/mol. The third-order valence-electron chi connectivity index (χ3n) is 3.18. The van der Waals surface area contributed by atoms with E-state index in [2.05, 4.69) is 0 Å². The summed E-state index contributed by atoms with van der Waals surface area (Å²) in [4.78, 5) is 21.6. The van der Waals surface area contributed by atoms with Crippen LogP contribution in [0.5, 0.6) is 0 Å². The fourth-order valence-electron chi connectivity index (χ4n) is 2.35. The first-order valence-electron chi connectivity index (χ1n) is 5.83. The van der Waals surface area contributed by atoms with Gasteiger partial charge in [0.15, 0.2) is 5.78 Å². The number of Topliss-reactive ketones (excluding diaryl/α,β-unsaturated/α-hetero) is 1. The maximum atomic E-state index is 12.0. The van der Waals surface area contributed by atoms with E-state index in [1.54, 1.807) is 20.8 Å². The number of alkyl halides is 2. The van der Waals surface area contributed by atoms with Crippen molar-refractivity contribution in [3.05, 3.63) is 0 Å². The van der Waals surface area contributed by atoms with E-state index in [9.17, 15) is 9.59 Å². The number of esters is 1.